The van der Waals surface area contributed by atoms with Crippen LogP contribution in [0.5, 0.6) is 0 Å². The number of ketones is 3. The third-order valence-corrected chi connectivity index (χ3v) is 5.04. The number of aliphatic hydroxyl groups excluding tert-OH is 2. The van der Waals surface area contributed by atoms with Crippen molar-refractivity contribution in [1.29, 1.82) is 0 Å². The van der Waals surface area contributed by atoms with Gasteiger partial charge >= 0.3 is 5.97 Å². The largest absolute Gasteiger partial charge is 0.479 e. The van der Waals surface area contributed by atoms with Gasteiger partial charge in [-0.2, -0.15) is 0 Å². The van der Waals surface area contributed by atoms with E-state index in [1.807, 2.05) is 0 Å². The SMILES string of the molecule is CCCCCCCCCCCC(=O)C(C(=O)C(C)O)C(O)(C(=O)O)C(=O)C(C)O. The summed E-state index contributed by atoms with van der Waals surface area (Å²) < 4.78 is 0. The van der Waals surface area contributed by atoms with Crippen LogP contribution in [0.4, 0.5) is 0 Å². The van der Waals surface area contributed by atoms with Crippen molar-refractivity contribution in [1.82, 2.24) is 0 Å². The lowest BCUT2D eigenvalue weighted by molar-refractivity contribution is -0.181. The Morgan fingerprint density at radius 1 is 0.793 bits per heavy atom. The minimum absolute atomic E-state index is 0.207. The number of carboxylic acid groups (broad SMARTS) is 1. The molecule has 0 aliphatic rings. The fourth-order valence-corrected chi connectivity index (χ4v) is 3.28. The van der Waals surface area contributed by atoms with Crippen LogP contribution in [0.25, 0.3) is 0 Å². The third-order valence-electron chi connectivity index (χ3n) is 5.04. The van der Waals surface area contributed by atoms with E-state index in [0.717, 1.165) is 39.5 Å². The van der Waals surface area contributed by atoms with Gasteiger partial charge in [-0.25, -0.2) is 4.79 Å². The van der Waals surface area contributed by atoms with Gasteiger partial charge in [0.25, 0.3) is 0 Å². The van der Waals surface area contributed by atoms with E-state index < -0.39 is 47.0 Å². The summed E-state index contributed by atoms with van der Waals surface area (Å²) in [6.45, 7) is 4.11. The first-order chi connectivity index (χ1) is 13.5. The molecular weight excluding hydrogens is 380 g/mol. The second kappa shape index (κ2) is 13.6. The minimum Gasteiger partial charge on any atom is -0.479 e. The number of hydrogen-bond donors (Lipinski definition) is 4. The Labute approximate surface area is 172 Å². The molecule has 0 rings (SSSR count). The first-order valence-corrected chi connectivity index (χ1v) is 10.4. The molecule has 0 aliphatic heterocycles. The van der Waals surface area contributed by atoms with Crippen molar-refractivity contribution in [3.63, 3.8) is 0 Å². The molecule has 0 radical (unpaired) electrons. The summed E-state index contributed by atoms with van der Waals surface area (Å²) in [7, 11) is 0. The monoisotopic (exact) mass is 416 g/mol. The summed E-state index contributed by atoms with van der Waals surface area (Å²) >= 11 is 0. The van der Waals surface area contributed by atoms with Crippen molar-refractivity contribution in [3.8, 4) is 0 Å². The lowest BCUT2D eigenvalue weighted by Crippen LogP contribution is -2.61. The van der Waals surface area contributed by atoms with E-state index in [2.05, 4.69) is 6.92 Å². The van der Waals surface area contributed by atoms with Gasteiger partial charge in [-0.05, 0) is 20.3 Å². The van der Waals surface area contributed by atoms with Gasteiger partial charge < -0.3 is 20.4 Å². The number of aliphatic hydroxyl groups is 3. The highest BCUT2D eigenvalue weighted by molar-refractivity contribution is 6.19. The Morgan fingerprint density at radius 3 is 1.62 bits per heavy atom. The number of carboxylic acids is 1. The summed E-state index contributed by atoms with van der Waals surface area (Å²) in [6, 6.07) is 0. The normalized spacial score (nSPS) is 16.5. The molecule has 8 heteroatoms. The predicted molar refractivity (Wildman–Crippen MR) is 106 cm³/mol. The zero-order valence-corrected chi connectivity index (χ0v) is 17.7. The molecular formula is C21H36O8. The minimum atomic E-state index is -3.42. The van der Waals surface area contributed by atoms with Gasteiger partial charge in [0.2, 0.25) is 11.4 Å². The van der Waals surface area contributed by atoms with Gasteiger partial charge in [-0.3, -0.25) is 14.4 Å². The van der Waals surface area contributed by atoms with Gasteiger partial charge in [0.05, 0.1) is 0 Å². The fourth-order valence-electron chi connectivity index (χ4n) is 3.28. The maximum atomic E-state index is 12.6. The van der Waals surface area contributed by atoms with E-state index in [1.165, 1.54) is 19.3 Å². The van der Waals surface area contributed by atoms with Crippen molar-refractivity contribution >= 4 is 23.3 Å². The van der Waals surface area contributed by atoms with E-state index in [-0.39, 0.29) is 6.42 Å². The van der Waals surface area contributed by atoms with Crippen LogP contribution < -0.4 is 0 Å². The zero-order chi connectivity index (χ0) is 22.6. The van der Waals surface area contributed by atoms with Crippen molar-refractivity contribution in [2.45, 2.75) is 103 Å². The Hall–Kier alpha value is -1.64. The Bertz CT molecular complexity index is 555. The molecule has 0 heterocycles. The third kappa shape index (κ3) is 8.32. The second-order valence-electron chi connectivity index (χ2n) is 7.67. The molecule has 0 bridgehead atoms. The molecule has 4 N–H and O–H groups in total. The van der Waals surface area contributed by atoms with Crippen LogP contribution >= 0.6 is 0 Å². The van der Waals surface area contributed by atoms with Crippen LogP contribution in [0.1, 0.15) is 85.0 Å². The van der Waals surface area contributed by atoms with Crippen molar-refractivity contribution in [2.24, 2.45) is 5.92 Å². The molecule has 4 unspecified atom stereocenters. The number of Topliss-reactive ketones (excluding diaryl/α,β-unsaturated/α-hetero) is 3. The van der Waals surface area contributed by atoms with Crippen molar-refractivity contribution in [2.75, 3.05) is 0 Å². The highest BCUT2D eigenvalue weighted by atomic mass is 16.4. The lowest BCUT2D eigenvalue weighted by Gasteiger charge is -2.30. The van der Waals surface area contributed by atoms with Gasteiger partial charge in [0, 0.05) is 6.42 Å². The summed E-state index contributed by atoms with van der Waals surface area (Å²) in [5.74, 6) is -8.13. The summed E-state index contributed by atoms with van der Waals surface area (Å²) in [5, 5.41) is 38.8. The standard InChI is InChI=1S/C21H36O8/c1-4-5-6-7-8-9-10-11-12-13-16(24)17(18(25)14(2)22)21(29,20(27)28)19(26)15(3)23/h14-15,17,22-23,29H,4-13H2,1-3H3,(H,27,28). The molecule has 0 saturated carbocycles. The number of hydrogen-bond acceptors (Lipinski definition) is 7. The van der Waals surface area contributed by atoms with Crippen LogP contribution in [-0.2, 0) is 19.2 Å². The number of aliphatic carboxylic acids is 1. The number of carbonyl (C=O) groups excluding carboxylic acids is 3. The smallest absolute Gasteiger partial charge is 0.344 e. The van der Waals surface area contributed by atoms with Crippen LogP contribution in [0.15, 0.2) is 0 Å². The van der Waals surface area contributed by atoms with E-state index in [9.17, 15) is 39.6 Å². The Morgan fingerprint density at radius 2 is 1.24 bits per heavy atom. The molecule has 0 fully saturated rings. The van der Waals surface area contributed by atoms with Crippen LogP contribution in [0, 0.1) is 5.92 Å². The molecule has 0 aromatic rings. The van der Waals surface area contributed by atoms with E-state index in [4.69, 9.17) is 0 Å². The Balaban J connectivity index is 5.02. The molecule has 0 saturated heterocycles. The molecule has 0 aromatic heterocycles. The fraction of sp³-hybridized carbons (Fsp3) is 0.810. The zero-order valence-electron chi connectivity index (χ0n) is 17.7. The molecule has 29 heavy (non-hydrogen) atoms. The quantitative estimate of drug-likeness (QED) is 0.207. The van der Waals surface area contributed by atoms with Crippen LogP contribution in [0.3, 0.4) is 0 Å². The van der Waals surface area contributed by atoms with E-state index in [0.29, 0.717) is 12.8 Å². The molecule has 168 valence electrons. The lowest BCUT2D eigenvalue weighted by atomic mass is 9.74. The maximum Gasteiger partial charge on any atom is 0.344 e. The average molecular weight is 417 g/mol. The first kappa shape index (κ1) is 27.4. The van der Waals surface area contributed by atoms with E-state index in [1.54, 1.807) is 0 Å². The number of unbranched alkanes of at least 4 members (excludes halogenated alkanes) is 8. The molecule has 0 spiro atoms. The molecule has 8 nitrogen and oxygen atoms in total. The van der Waals surface area contributed by atoms with Crippen LogP contribution in [-0.4, -0.2) is 61.6 Å². The predicted octanol–water partition coefficient (Wildman–Crippen LogP) is 1.81. The highest BCUT2D eigenvalue weighted by Gasteiger charge is 2.58. The van der Waals surface area contributed by atoms with Crippen LogP contribution in [0.2, 0.25) is 0 Å². The molecule has 0 aromatic carbocycles. The summed E-state index contributed by atoms with van der Waals surface area (Å²) in [5.41, 5.74) is -3.42. The number of carbonyl (C=O) groups is 4. The molecule has 0 amide bonds. The summed E-state index contributed by atoms with van der Waals surface area (Å²) in [4.78, 5) is 48.6. The topological polar surface area (TPSA) is 149 Å². The highest BCUT2D eigenvalue weighted by Crippen LogP contribution is 2.27. The van der Waals surface area contributed by atoms with Gasteiger partial charge in [0.15, 0.2) is 5.78 Å². The molecule has 0 aliphatic carbocycles. The second-order valence-corrected chi connectivity index (χ2v) is 7.67. The molecule has 4 atom stereocenters. The summed E-state index contributed by atoms with van der Waals surface area (Å²) in [6.07, 6.45) is 4.92. The average Bonchev–Trinajstić information content (AvgIpc) is 2.65. The van der Waals surface area contributed by atoms with Gasteiger partial charge in [-0.1, -0.05) is 58.3 Å². The van der Waals surface area contributed by atoms with Crippen molar-refractivity contribution < 1.29 is 39.6 Å². The maximum absolute atomic E-state index is 12.6. The Kier molecular flexibility index (Phi) is 12.8. The van der Waals surface area contributed by atoms with Crippen molar-refractivity contribution in [3.05, 3.63) is 0 Å². The van der Waals surface area contributed by atoms with Gasteiger partial charge in [-0.15, -0.1) is 0 Å². The van der Waals surface area contributed by atoms with Gasteiger partial charge in [0.1, 0.15) is 23.9 Å². The first-order valence-electron chi connectivity index (χ1n) is 10.4. The van der Waals surface area contributed by atoms with E-state index >= 15 is 0 Å². The number of rotatable bonds is 17.